The number of hydrogen-bond acceptors (Lipinski definition) is 5. The summed E-state index contributed by atoms with van der Waals surface area (Å²) < 4.78 is 34.1. The number of amides is 1. The van der Waals surface area contributed by atoms with Gasteiger partial charge < -0.3 is 9.64 Å². The second-order valence-electron chi connectivity index (χ2n) is 8.84. The average molecular weight is 472 g/mol. The molecule has 2 fully saturated rings. The lowest BCUT2D eigenvalue weighted by Crippen LogP contribution is -2.29. The fourth-order valence-corrected chi connectivity index (χ4v) is 5.63. The highest BCUT2D eigenvalue weighted by molar-refractivity contribution is 7.89. The van der Waals surface area contributed by atoms with Gasteiger partial charge in [-0.2, -0.15) is 0 Å². The Kier molecular flexibility index (Phi) is 7.67. The number of likely N-dealkylation sites (tertiary alicyclic amines) is 2. The third kappa shape index (κ3) is 5.93. The quantitative estimate of drug-likeness (QED) is 0.639. The molecule has 178 valence electrons. The SMILES string of the molecule is COc1ccc(S(=O)(=O)NCc2cccc(CN3CCCCC3)c2)cc1C(=O)N1CCCC1. The van der Waals surface area contributed by atoms with Gasteiger partial charge in [0.05, 0.1) is 17.6 Å². The van der Waals surface area contributed by atoms with Crippen molar-refractivity contribution in [1.29, 1.82) is 0 Å². The molecule has 0 bridgehead atoms. The van der Waals surface area contributed by atoms with Crippen molar-refractivity contribution < 1.29 is 17.9 Å². The molecule has 8 heteroatoms. The van der Waals surface area contributed by atoms with Crippen molar-refractivity contribution in [2.75, 3.05) is 33.3 Å². The second-order valence-corrected chi connectivity index (χ2v) is 10.6. The lowest BCUT2D eigenvalue weighted by Gasteiger charge is -2.26. The molecule has 4 rings (SSSR count). The predicted molar refractivity (Wildman–Crippen MR) is 128 cm³/mol. The standard InChI is InChI=1S/C25H33N3O4S/c1-32-24-11-10-22(17-23(24)25(29)28-14-5-6-15-28)33(30,31)26-18-20-8-7-9-21(16-20)19-27-12-3-2-4-13-27/h7-11,16-17,26H,2-6,12-15,18-19H2,1H3. The number of hydrogen-bond donors (Lipinski definition) is 1. The van der Waals surface area contributed by atoms with Gasteiger partial charge in [0.25, 0.3) is 5.91 Å². The van der Waals surface area contributed by atoms with Gasteiger partial charge in [0.2, 0.25) is 10.0 Å². The van der Waals surface area contributed by atoms with E-state index in [1.807, 2.05) is 12.1 Å². The Labute approximate surface area is 196 Å². The van der Waals surface area contributed by atoms with Crippen LogP contribution in [0.2, 0.25) is 0 Å². The van der Waals surface area contributed by atoms with Crippen molar-refractivity contribution >= 4 is 15.9 Å². The molecular formula is C25H33N3O4S. The number of piperidine rings is 1. The highest BCUT2D eigenvalue weighted by Crippen LogP contribution is 2.25. The van der Waals surface area contributed by atoms with Crippen molar-refractivity contribution in [3.05, 3.63) is 59.2 Å². The molecule has 2 aromatic carbocycles. The number of benzene rings is 2. The molecule has 1 N–H and O–H groups in total. The Bertz CT molecular complexity index is 1070. The second kappa shape index (κ2) is 10.7. The molecule has 0 aliphatic carbocycles. The fraction of sp³-hybridized carbons (Fsp3) is 0.480. The van der Waals surface area contributed by atoms with Crippen LogP contribution in [-0.4, -0.2) is 57.4 Å². The predicted octanol–water partition coefficient (Wildman–Crippen LogP) is 3.40. The molecule has 0 spiro atoms. The molecular weight excluding hydrogens is 438 g/mol. The molecule has 0 saturated carbocycles. The Morgan fingerprint density at radius 3 is 2.36 bits per heavy atom. The maximum absolute atomic E-state index is 13.0. The molecule has 2 aromatic rings. The average Bonchev–Trinajstić information content (AvgIpc) is 3.38. The number of sulfonamides is 1. The summed E-state index contributed by atoms with van der Waals surface area (Å²) in [6, 6.07) is 12.5. The number of methoxy groups -OCH3 is 1. The van der Waals surface area contributed by atoms with Crippen LogP contribution in [0.4, 0.5) is 0 Å². The molecule has 1 amide bonds. The van der Waals surface area contributed by atoms with E-state index in [2.05, 4.69) is 21.8 Å². The monoisotopic (exact) mass is 471 g/mol. The minimum atomic E-state index is -3.79. The summed E-state index contributed by atoms with van der Waals surface area (Å²) in [5, 5.41) is 0. The van der Waals surface area contributed by atoms with Crippen LogP contribution in [0.3, 0.4) is 0 Å². The highest BCUT2D eigenvalue weighted by Gasteiger charge is 2.25. The van der Waals surface area contributed by atoms with Crippen LogP contribution in [0.5, 0.6) is 5.75 Å². The van der Waals surface area contributed by atoms with Crippen molar-refractivity contribution in [3.63, 3.8) is 0 Å². The van der Waals surface area contributed by atoms with E-state index >= 15 is 0 Å². The van der Waals surface area contributed by atoms with Crippen LogP contribution in [0.25, 0.3) is 0 Å². The largest absolute Gasteiger partial charge is 0.496 e. The van der Waals surface area contributed by atoms with E-state index in [1.165, 1.54) is 44.1 Å². The first-order valence-electron chi connectivity index (χ1n) is 11.7. The van der Waals surface area contributed by atoms with Crippen molar-refractivity contribution in [2.45, 2.75) is 50.1 Å². The first-order valence-corrected chi connectivity index (χ1v) is 13.2. The zero-order valence-corrected chi connectivity index (χ0v) is 20.1. The van der Waals surface area contributed by atoms with E-state index in [4.69, 9.17) is 4.74 Å². The summed E-state index contributed by atoms with van der Waals surface area (Å²) in [5.74, 6) is 0.197. The molecule has 0 radical (unpaired) electrons. The maximum Gasteiger partial charge on any atom is 0.257 e. The third-order valence-corrected chi connectivity index (χ3v) is 7.82. The van der Waals surface area contributed by atoms with Crippen molar-refractivity contribution in [2.24, 2.45) is 0 Å². The van der Waals surface area contributed by atoms with E-state index in [0.717, 1.165) is 38.0 Å². The zero-order chi connectivity index (χ0) is 23.3. The number of ether oxygens (including phenoxy) is 1. The first kappa shape index (κ1) is 23.7. The lowest BCUT2D eigenvalue weighted by molar-refractivity contribution is 0.0789. The normalized spacial score (nSPS) is 17.3. The topological polar surface area (TPSA) is 79.0 Å². The molecule has 7 nitrogen and oxygen atoms in total. The molecule has 2 aliphatic rings. The number of carbonyl (C=O) groups excluding carboxylic acids is 1. The van der Waals surface area contributed by atoms with E-state index in [1.54, 1.807) is 11.0 Å². The number of rotatable bonds is 8. The summed E-state index contributed by atoms with van der Waals surface area (Å²) in [6.45, 7) is 4.69. The Hall–Kier alpha value is -2.42. The highest BCUT2D eigenvalue weighted by atomic mass is 32.2. The van der Waals surface area contributed by atoms with Gasteiger partial charge in [-0.3, -0.25) is 9.69 Å². The Balaban J connectivity index is 1.46. The Morgan fingerprint density at radius 1 is 0.939 bits per heavy atom. The van der Waals surface area contributed by atoms with Crippen molar-refractivity contribution in [1.82, 2.24) is 14.5 Å². The van der Waals surface area contributed by atoms with Crippen molar-refractivity contribution in [3.8, 4) is 5.75 Å². The molecule has 2 saturated heterocycles. The zero-order valence-electron chi connectivity index (χ0n) is 19.3. The van der Waals surface area contributed by atoms with Crippen LogP contribution >= 0.6 is 0 Å². The third-order valence-electron chi connectivity index (χ3n) is 6.42. The molecule has 0 unspecified atom stereocenters. The number of carbonyl (C=O) groups is 1. The number of nitrogens with zero attached hydrogens (tertiary/aromatic N) is 2. The van der Waals surface area contributed by atoms with Gasteiger partial charge >= 0.3 is 0 Å². The van der Waals surface area contributed by atoms with Gasteiger partial charge in [0.15, 0.2) is 0 Å². The van der Waals surface area contributed by atoms with Gasteiger partial charge in [0.1, 0.15) is 5.75 Å². The van der Waals surface area contributed by atoms with E-state index in [-0.39, 0.29) is 22.9 Å². The fourth-order valence-electron chi connectivity index (χ4n) is 4.59. The molecule has 0 aromatic heterocycles. The lowest BCUT2D eigenvalue weighted by atomic mass is 10.1. The van der Waals surface area contributed by atoms with Crippen LogP contribution in [0.1, 0.15) is 53.6 Å². The smallest absolute Gasteiger partial charge is 0.257 e. The van der Waals surface area contributed by atoms with Crippen LogP contribution < -0.4 is 9.46 Å². The minimum Gasteiger partial charge on any atom is -0.496 e. The van der Waals surface area contributed by atoms with Crippen LogP contribution in [-0.2, 0) is 23.1 Å². The molecule has 0 atom stereocenters. The summed E-state index contributed by atoms with van der Waals surface area (Å²) in [7, 11) is -2.30. The van der Waals surface area contributed by atoms with E-state index in [0.29, 0.717) is 18.8 Å². The first-order chi connectivity index (χ1) is 16.0. The summed E-state index contributed by atoms with van der Waals surface area (Å²) in [5.41, 5.74) is 2.39. The maximum atomic E-state index is 13.0. The molecule has 2 aliphatic heterocycles. The van der Waals surface area contributed by atoms with Gasteiger partial charge in [-0.15, -0.1) is 0 Å². The van der Waals surface area contributed by atoms with Gasteiger partial charge in [-0.05, 0) is 68.1 Å². The van der Waals surface area contributed by atoms with Gasteiger partial charge in [-0.25, -0.2) is 13.1 Å². The van der Waals surface area contributed by atoms with E-state index in [9.17, 15) is 13.2 Å². The summed E-state index contributed by atoms with van der Waals surface area (Å²) >= 11 is 0. The van der Waals surface area contributed by atoms with Crippen LogP contribution in [0.15, 0.2) is 47.4 Å². The molecule has 2 heterocycles. The number of nitrogens with one attached hydrogen (secondary N) is 1. The Morgan fingerprint density at radius 2 is 1.64 bits per heavy atom. The van der Waals surface area contributed by atoms with Crippen LogP contribution in [0, 0.1) is 0 Å². The van der Waals surface area contributed by atoms with Gasteiger partial charge in [-0.1, -0.05) is 30.7 Å². The minimum absolute atomic E-state index is 0.0651. The van der Waals surface area contributed by atoms with Gasteiger partial charge in [0, 0.05) is 26.2 Å². The van der Waals surface area contributed by atoms with E-state index < -0.39 is 10.0 Å². The summed E-state index contributed by atoms with van der Waals surface area (Å²) in [6.07, 6.45) is 5.71. The molecule has 33 heavy (non-hydrogen) atoms. The summed E-state index contributed by atoms with van der Waals surface area (Å²) in [4.78, 5) is 17.2.